The summed E-state index contributed by atoms with van der Waals surface area (Å²) in [6.07, 6.45) is -7.23. The average molecular weight is 188 g/mol. The van der Waals surface area contributed by atoms with Gasteiger partial charge in [0.25, 0.3) is 0 Å². The molecule has 0 rings (SSSR count). The number of hydrogen-bond donors (Lipinski definition) is 0. The minimum Gasteiger partial charge on any atom is -0.331 e. The Hall–Kier alpha value is -0.650. The molecule has 0 saturated heterocycles. The van der Waals surface area contributed by atoms with Crippen LogP contribution in [0.5, 0.6) is 0 Å². The van der Waals surface area contributed by atoms with Crippen LogP contribution in [0.3, 0.4) is 0 Å². The first-order valence-corrected chi connectivity index (χ1v) is 3.12. The summed E-state index contributed by atoms with van der Waals surface area (Å²) in [7, 11) is 0. The van der Waals surface area contributed by atoms with Crippen LogP contribution < -0.4 is 0 Å². The summed E-state index contributed by atoms with van der Waals surface area (Å²) < 4.78 is 51.6. The molecule has 12 heavy (non-hydrogen) atoms. The molecule has 0 saturated carbocycles. The van der Waals surface area contributed by atoms with Crippen LogP contribution in [0, 0.1) is 0 Å². The molecule has 1 atom stereocenters. The van der Waals surface area contributed by atoms with E-state index in [1.54, 1.807) is 0 Å². The van der Waals surface area contributed by atoms with Crippen molar-refractivity contribution in [2.24, 2.45) is 0 Å². The molecule has 0 aliphatic carbocycles. The van der Waals surface area contributed by atoms with E-state index in [-0.39, 0.29) is 0 Å². The van der Waals surface area contributed by atoms with Crippen LogP contribution in [-0.4, -0.2) is 24.4 Å². The van der Waals surface area contributed by atoms with E-state index < -0.39 is 24.4 Å². The average Bonchev–Trinajstić information content (AvgIpc) is 1.83. The summed E-state index contributed by atoms with van der Waals surface area (Å²) in [5, 5.41) is 0. The quantitative estimate of drug-likeness (QED) is 0.499. The zero-order valence-corrected chi connectivity index (χ0v) is 6.48. The summed E-state index contributed by atoms with van der Waals surface area (Å²) in [6, 6.07) is 0. The maximum atomic E-state index is 12.6. The molecule has 0 spiro atoms. The number of carbonyl (C=O) groups excluding carboxylic acids is 1. The number of aldehydes is 1. The van der Waals surface area contributed by atoms with Crippen LogP contribution in [-0.2, 0) is 9.53 Å². The van der Waals surface area contributed by atoms with Gasteiger partial charge in [-0.2, -0.15) is 17.6 Å². The van der Waals surface area contributed by atoms with Crippen molar-refractivity contribution in [3.8, 4) is 0 Å². The molecule has 0 bridgehead atoms. The van der Waals surface area contributed by atoms with Gasteiger partial charge in [-0.15, -0.1) is 0 Å². The standard InChI is InChI=1S/C6H8F4O2/c1-4(2)12-5(7,3-11)6(8,9)10/h3-4H,1-2H3. The van der Waals surface area contributed by atoms with Crippen LogP contribution in [0.25, 0.3) is 0 Å². The van der Waals surface area contributed by atoms with E-state index in [2.05, 4.69) is 4.74 Å². The zero-order valence-electron chi connectivity index (χ0n) is 6.48. The maximum Gasteiger partial charge on any atom is 0.456 e. The molecule has 6 heteroatoms. The van der Waals surface area contributed by atoms with Crippen molar-refractivity contribution in [1.29, 1.82) is 0 Å². The lowest BCUT2D eigenvalue weighted by Gasteiger charge is -2.24. The molecule has 0 radical (unpaired) electrons. The lowest BCUT2D eigenvalue weighted by atomic mass is 10.3. The van der Waals surface area contributed by atoms with Gasteiger partial charge in [0, 0.05) is 0 Å². The third-order valence-electron chi connectivity index (χ3n) is 0.945. The number of carbonyl (C=O) groups is 1. The van der Waals surface area contributed by atoms with E-state index in [1.165, 1.54) is 13.8 Å². The van der Waals surface area contributed by atoms with Crippen molar-refractivity contribution in [3.05, 3.63) is 0 Å². The molecule has 0 N–H and O–H groups in total. The van der Waals surface area contributed by atoms with Crippen LogP contribution in [0.4, 0.5) is 17.6 Å². The second-order valence-electron chi connectivity index (χ2n) is 2.43. The molecule has 1 unspecified atom stereocenters. The zero-order chi connectivity index (χ0) is 9.99. The molecule has 0 amide bonds. The molecular formula is C6H8F4O2. The predicted octanol–water partition coefficient (Wildman–Crippen LogP) is 1.84. The summed E-state index contributed by atoms with van der Waals surface area (Å²) in [4.78, 5) is 9.79. The highest BCUT2D eigenvalue weighted by molar-refractivity contribution is 5.61. The fraction of sp³-hybridized carbons (Fsp3) is 0.833. The number of hydrogen-bond acceptors (Lipinski definition) is 2. The van der Waals surface area contributed by atoms with Gasteiger partial charge in [-0.3, -0.25) is 4.79 Å². The fourth-order valence-corrected chi connectivity index (χ4v) is 0.504. The minimum atomic E-state index is -5.32. The van der Waals surface area contributed by atoms with Crippen molar-refractivity contribution >= 4 is 6.29 Å². The molecule has 0 aromatic rings. The minimum absolute atomic E-state index is 0.896. The third kappa shape index (κ3) is 2.44. The molecule has 0 aromatic heterocycles. The monoisotopic (exact) mass is 188 g/mol. The Morgan fingerprint density at radius 1 is 1.25 bits per heavy atom. The number of alkyl halides is 4. The molecular weight excluding hydrogens is 180 g/mol. The van der Waals surface area contributed by atoms with Gasteiger partial charge in [0.2, 0.25) is 0 Å². The van der Waals surface area contributed by atoms with Crippen molar-refractivity contribution < 1.29 is 27.1 Å². The first-order valence-electron chi connectivity index (χ1n) is 3.12. The topological polar surface area (TPSA) is 26.3 Å². The van der Waals surface area contributed by atoms with Crippen molar-refractivity contribution in [1.82, 2.24) is 0 Å². The second-order valence-corrected chi connectivity index (χ2v) is 2.43. The Labute approximate surface area is 66.5 Å². The van der Waals surface area contributed by atoms with Gasteiger partial charge in [0.1, 0.15) is 0 Å². The Kier molecular flexibility index (Phi) is 3.20. The first kappa shape index (κ1) is 11.4. The van der Waals surface area contributed by atoms with E-state index >= 15 is 0 Å². The largest absolute Gasteiger partial charge is 0.456 e. The summed E-state index contributed by atoms with van der Waals surface area (Å²) >= 11 is 0. The number of rotatable bonds is 3. The van der Waals surface area contributed by atoms with E-state index in [0.29, 0.717) is 0 Å². The molecule has 2 nitrogen and oxygen atoms in total. The van der Waals surface area contributed by atoms with Gasteiger partial charge in [-0.1, -0.05) is 0 Å². The molecule has 72 valence electrons. The normalized spacial score (nSPS) is 17.6. The number of halogens is 4. The van der Waals surface area contributed by atoms with Gasteiger partial charge < -0.3 is 4.74 Å². The van der Waals surface area contributed by atoms with Crippen LogP contribution >= 0.6 is 0 Å². The Balaban J connectivity index is 4.57. The Morgan fingerprint density at radius 2 is 1.67 bits per heavy atom. The van der Waals surface area contributed by atoms with Gasteiger partial charge in [0.05, 0.1) is 6.10 Å². The predicted molar refractivity (Wildman–Crippen MR) is 32.2 cm³/mol. The molecule has 0 fully saturated rings. The van der Waals surface area contributed by atoms with Gasteiger partial charge >= 0.3 is 12.0 Å². The second kappa shape index (κ2) is 3.38. The van der Waals surface area contributed by atoms with E-state index in [9.17, 15) is 22.4 Å². The van der Waals surface area contributed by atoms with Gasteiger partial charge in [0.15, 0.2) is 6.29 Å². The van der Waals surface area contributed by atoms with E-state index in [0.717, 1.165) is 0 Å². The third-order valence-corrected chi connectivity index (χ3v) is 0.945. The van der Waals surface area contributed by atoms with Gasteiger partial charge in [-0.25, -0.2) is 0 Å². The lowest BCUT2D eigenvalue weighted by Crippen LogP contribution is -2.46. The lowest BCUT2D eigenvalue weighted by molar-refractivity contribution is -0.317. The van der Waals surface area contributed by atoms with Crippen LogP contribution in [0.1, 0.15) is 13.8 Å². The fourth-order valence-electron chi connectivity index (χ4n) is 0.504. The maximum absolute atomic E-state index is 12.6. The Bertz CT molecular complexity index is 165. The summed E-state index contributed by atoms with van der Waals surface area (Å²) in [5.41, 5.74) is 0. The summed E-state index contributed by atoms with van der Waals surface area (Å²) in [5.74, 6) is -4.18. The van der Waals surface area contributed by atoms with Crippen molar-refractivity contribution in [2.45, 2.75) is 32.0 Å². The highest BCUT2D eigenvalue weighted by atomic mass is 19.4. The van der Waals surface area contributed by atoms with Crippen molar-refractivity contribution in [2.75, 3.05) is 0 Å². The van der Waals surface area contributed by atoms with Crippen LogP contribution in [0.15, 0.2) is 0 Å². The molecule has 0 aliphatic heterocycles. The molecule has 0 aliphatic rings. The highest BCUT2D eigenvalue weighted by Gasteiger charge is 2.58. The first-order chi connectivity index (χ1) is 5.23. The van der Waals surface area contributed by atoms with Crippen LogP contribution in [0.2, 0.25) is 0 Å². The highest BCUT2D eigenvalue weighted by Crippen LogP contribution is 2.34. The Morgan fingerprint density at radius 3 is 1.75 bits per heavy atom. The van der Waals surface area contributed by atoms with Crippen molar-refractivity contribution in [3.63, 3.8) is 0 Å². The smallest absolute Gasteiger partial charge is 0.331 e. The molecule has 0 aromatic carbocycles. The number of ether oxygens (including phenoxy) is 1. The van der Waals surface area contributed by atoms with E-state index in [4.69, 9.17) is 0 Å². The SMILES string of the molecule is CC(C)OC(F)(C=O)C(F)(F)F. The van der Waals surface area contributed by atoms with Gasteiger partial charge in [-0.05, 0) is 13.8 Å². The van der Waals surface area contributed by atoms with E-state index in [1.807, 2.05) is 0 Å². The molecule has 0 heterocycles. The summed E-state index contributed by atoms with van der Waals surface area (Å²) in [6.45, 7) is 2.40.